The van der Waals surface area contributed by atoms with Crippen LogP contribution in [-0.2, 0) is 14.4 Å². The van der Waals surface area contributed by atoms with Gasteiger partial charge in [-0.2, -0.15) is 0 Å². The first-order chi connectivity index (χ1) is 16.2. The number of aliphatic carboxylic acids is 2. The summed E-state index contributed by atoms with van der Waals surface area (Å²) >= 11 is 0. The molecule has 0 spiro atoms. The number of hydrogen-bond donors (Lipinski definition) is 5. The molecule has 0 radical (unpaired) electrons. The van der Waals surface area contributed by atoms with Crippen molar-refractivity contribution in [3.8, 4) is 0 Å². The van der Waals surface area contributed by atoms with Gasteiger partial charge in [-0.3, -0.25) is 0 Å². The van der Waals surface area contributed by atoms with Crippen molar-refractivity contribution in [1.29, 1.82) is 0 Å². The number of carbonyl (C=O) groups is 3. The molecule has 0 bridgehead atoms. The normalized spacial score (nSPS) is 14.6. The molecular weight excluding hydrogens is 462 g/mol. The van der Waals surface area contributed by atoms with Gasteiger partial charge in [-0.15, -0.1) is 0 Å². The van der Waals surface area contributed by atoms with Crippen LogP contribution in [0, 0.1) is 17.8 Å². The van der Waals surface area contributed by atoms with Gasteiger partial charge in [-0.25, -0.2) is 9.59 Å². The van der Waals surface area contributed by atoms with Crippen molar-refractivity contribution in [2.75, 3.05) is 0 Å². The van der Waals surface area contributed by atoms with Crippen LogP contribution in [0.2, 0.25) is 0 Å². The number of carbonyl (C=O) groups excluding carboxylic acids is 1. The zero-order valence-corrected chi connectivity index (χ0v) is 24.0. The van der Waals surface area contributed by atoms with E-state index in [0.29, 0.717) is 24.8 Å². The molecule has 8 heteroatoms. The van der Waals surface area contributed by atoms with Gasteiger partial charge in [-0.05, 0) is 58.3 Å². The Morgan fingerprint density at radius 2 is 1.08 bits per heavy atom. The van der Waals surface area contributed by atoms with Crippen molar-refractivity contribution in [2.45, 2.75) is 106 Å². The quantitative estimate of drug-likeness (QED) is 0.327. The number of aliphatic hydroxyl groups is 2. The molecular formula is C28H52NO7+. The molecule has 210 valence electrons. The summed E-state index contributed by atoms with van der Waals surface area (Å²) in [5.41, 5.74) is 2.09. The third-order valence-electron chi connectivity index (χ3n) is 4.60. The van der Waals surface area contributed by atoms with Crippen LogP contribution in [0.5, 0.6) is 0 Å². The summed E-state index contributed by atoms with van der Waals surface area (Å²) in [5.74, 6) is -1.09. The van der Waals surface area contributed by atoms with Gasteiger partial charge in [-0.1, -0.05) is 71.9 Å². The minimum Gasteiger partial charge on any atom is -0.479 e. The Bertz CT molecular complexity index is 708. The van der Waals surface area contributed by atoms with Crippen molar-refractivity contribution in [1.82, 2.24) is 0 Å². The van der Waals surface area contributed by atoms with Crippen LogP contribution < -0.4 is 5.73 Å². The fraction of sp³-hybridized carbons (Fsp3) is 0.679. The van der Waals surface area contributed by atoms with Crippen molar-refractivity contribution >= 4 is 17.7 Å². The third kappa shape index (κ3) is 23.5. The second-order valence-corrected chi connectivity index (χ2v) is 11.0. The average molecular weight is 515 g/mol. The molecule has 0 aliphatic rings. The Labute approximate surface area is 217 Å². The lowest BCUT2D eigenvalue weighted by Crippen LogP contribution is -2.51. The van der Waals surface area contributed by atoms with Gasteiger partial charge in [0, 0.05) is 12.0 Å². The van der Waals surface area contributed by atoms with Gasteiger partial charge < -0.3 is 31.0 Å². The topological polar surface area (TPSA) is 160 Å². The molecule has 0 aromatic heterocycles. The molecule has 0 saturated heterocycles. The minimum atomic E-state index is -1.56. The van der Waals surface area contributed by atoms with Crippen molar-refractivity contribution in [3.63, 3.8) is 0 Å². The smallest absolute Gasteiger partial charge is 0.335 e. The number of carboxylic acids is 2. The van der Waals surface area contributed by atoms with E-state index in [1.807, 2.05) is 59.7 Å². The maximum absolute atomic E-state index is 10.3. The Morgan fingerprint density at radius 1 is 0.750 bits per heavy atom. The Kier molecular flexibility index (Phi) is 20.1. The van der Waals surface area contributed by atoms with E-state index in [1.54, 1.807) is 6.92 Å². The second kappa shape index (κ2) is 18.9. The molecule has 0 aliphatic heterocycles. The first kappa shape index (κ1) is 38.2. The third-order valence-corrected chi connectivity index (χ3v) is 4.60. The lowest BCUT2D eigenvalue weighted by atomic mass is 9.95. The monoisotopic (exact) mass is 514 g/mol. The average Bonchev–Trinajstić information content (AvgIpc) is 2.67. The van der Waals surface area contributed by atoms with E-state index in [9.17, 15) is 14.4 Å². The van der Waals surface area contributed by atoms with Crippen LogP contribution >= 0.6 is 0 Å². The SMILES string of the molecule is CC(=O)CC(C)C.CC(C)C[C@](C)(O)C(=O)O.CC(C)C[C@](C)(O)C(=O)O.C[C@H]([NH3+])c1ccccc1. The number of quaternary nitrogens is 1. The highest BCUT2D eigenvalue weighted by Gasteiger charge is 2.30. The van der Waals surface area contributed by atoms with E-state index in [2.05, 4.69) is 24.8 Å². The lowest BCUT2D eigenvalue weighted by molar-refractivity contribution is -0.420. The summed E-state index contributed by atoms with van der Waals surface area (Å²) in [6.45, 7) is 17.9. The number of rotatable bonds is 9. The first-order valence-electron chi connectivity index (χ1n) is 12.4. The van der Waals surface area contributed by atoms with Gasteiger partial charge in [0.25, 0.3) is 0 Å². The van der Waals surface area contributed by atoms with Gasteiger partial charge in [0.2, 0.25) is 0 Å². The van der Waals surface area contributed by atoms with E-state index in [0.717, 1.165) is 6.42 Å². The summed E-state index contributed by atoms with van der Waals surface area (Å²) in [4.78, 5) is 30.9. The fourth-order valence-corrected chi connectivity index (χ4v) is 3.12. The van der Waals surface area contributed by atoms with E-state index >= 15 is 0 Å². The Balaban J connectivity index is -0.000000407. The van der Waals surface area contributed by atoms with Crippen molar-refractivity contribution in [2.24, 2.45) is 17.8 Å². The van der Waals surface area contributed by atoms with Crippen LogP contribution in [0.1, 0.15) is 100 Å². The molecule has 7 N–H and O–H groups in total. The van der Waals surface area contributed by atoms with E-state index in [1.165, 1.54) is 19.4 Å². The molecule has 1 aromatic rings. The first-order valence-corrected chi connectivity index (χ1v) is 12.4. The molecule has 0 aliphatic carbocycles. The van der Waals surface area contributed by atoms with Crippen LogP contribution in [0.15, 0.2) is 30.3 Å². The van der Waals surface area contributed by atoms with Crippen molar-refractivity contribution in [3.05, 3.63) is 35.9 Å². The van der Waals surface area contributed by atoms with E-state index in [-0.39, 0.29) is 17.6 Å². The zero-order chi connectivity index (χ0) is 29.3. The van der Waals surface area contributed by atoms with Crippen LogP contribution in [0.25, 0.3) is 0 Å². The van der Waals surface area contributed by atoms with Gasteiger partial charge in [0.15, 0.2) is 11.2 Å². The predicted molar refractivity (Wildman–Crippen MR) is 143 cm³/mol. The lowest BCUT2D eigenvalue weighted by Gasteiger charge is -2.19. The summed E-state index contributed by atoms with van der Waals surface area (Å²) in [7, 11) is 0. The molecule has 1 aromatic carbocycles. The van der Waals surface area contributed by atoms with Crippen LogP contribution in [-0.4, -0.2) is 49.4 Å². The summed E-state index contributed by atoms with van der Waals surface area (Å²) in [6, 6.07) is 10.7. The minimum absolute atomic E-state index is 0.200. The molecule has 0 saturated carbocycles. The molecule has 0 fully saturated rings. The highest BCUT2D eigenvalue weighted by molar-refractivity contribution is 5.76. The van der Waals surface area contributed by atoms with E-state index < -0.39 is 23.1 Å². The molecule has 8 nitrogen and oxygen atoms in total. The van der Waals surface area contributed by atoms with Gasteiger partial charge in [0.05, 0.1) is 0 Å². The predicted octanol–water partition coefficient (Wildman–Crippen LogP) is 4.35. The summed E-state index contributed by atoms with van der Waals surface area (Å²) in [5, 5.41) is 35.2. The molecule has 1 rings (SSSR count). The molecule has 0 unspecified atom stereocenters. The number of hydrogen-bond acceptors (Lipinski definition) is 5. The van der Waals surface area contributed by atoms with Crippen LogP contribution in [0.4, 0.5) is 0 Å². The van der Waals surface area contributed by atoms with Crippen molar-refractivity contribution < 1.29 is 40.5 Å². The maximum atomic E-state index is 10.3. The zero-order valence-electron chi connectivity index (χ0n) is 24.0. The molecule has 3 atom stereocenters. The highest BCUT2D eigenvalue weighted by Crippen LogP contribution is 2.16. The molecule has 36 heavy (non-hydrogen) atoms. The number of benzene rings is 1. The maximum Gasteiger partial charge on any atom is 0.335 e. The standard InChI is InChI=1S/C8H11N.2C7H14O3.C6H12O/c1-7(9)8-5-3-2-4-6-8;2*1-5(2)4-7(3,10)6(8)9;1-5(2)4-6(3)7/h2-7H,9H2,1H3;2*5,10H,4H2,1-3H3,(H,8,9);5H,4H2,1-3H3/p+1/t3*7-;/m000./s1. The van der Waals surface area contributed by atoms with Gasteiger partial charge in [0.1, 0.15) is 11.8 Å². The largest absolute Gasteiger partial charge is 0.479 e. The summed E-state index contributed by atoms with van der Waals surface area (Å²) < 4.78 is 0. The Hall–Kier alpha value is -2.29. The van der Waals surface area contributed by atoms with Gasteiger partial charge >= 0.3 is 11.9 Å². The number of ketones is 1. The number of Topliss-reactive ketones (excluding diaryl/α,β-unsaturated/α-hetero) is 1. The van der Waals surface area contributed by atoms with Crippen LogP contribution in [0.3, 0.4) is 0 Å². The number of carboxylic acid groups (broad SMARTS) is 2. The fourth-order valence-electron chi connectivity index (χ4n) is 3.12. The highest BCUT2D eigenvalue weighted by atomic mass is 16.4. The Morgan fingerprint density at radius 3 is 1.19 bits per heavy atom. The summed E-state index contributed by atoms with van der Waals surface area (Å²) in [6.07, 6.45) is 1.31. The van der Waals surface area contributed by atoms with E-state index in [4.69, 9.17) is 20.4 Å². The second-order valence-electron chi connectivity index (χ2n) is 11.0. The molecule has 0 amide bonds. The molecule has 0 heterocycles.